The lowest BCUT2D eigenvalue weighted by molar-refractivity contribution is 0.624. The first-order valence-corrected chi connectivity index (χ1v) is 6.16. The molecule has 0 N–H and O–H groups in total. The molecular formula is C14H10ClFN2O. The van der Waals surface area contributed by atoms with E-state index < -0.39 is 0 Å². The van der Waals surface area contributed by atoms with Crippen LogP contribution in [0.2, 0.25) is 5.02 Å². The molecule has 3 rings (SSSR count). The molecule has 1 aliphatic rings. The standard InChI is InChI=1S/C14H10ClFN2O/c1-18-14(19)11(15)7-13(17-18)9-5-8-3-2-4-12(16)10(8)6-9/h2-4,6-7H,5H2,1H3. The lowest BCUT2D eigenvalue weighted by atomic mass is 10.1. The molecule has 0 unspecified atom stereocenters. The zero-order chi connectivity index (χ0) is 13.6. The van der Waals surface area contributed by atoms with E-state index in [2.05, 4.69) is 5.10 Å². The molecule has 2 aromatic rings. The molecule has 1 aromatic carbocycles. The Hall–Kier alpha value is -1.94. The van der Waals surface area contributed by atoms with Gasteiger partial charge in [0.2, 0.25) is 0 Å². The molecule has 0 bridgehead atoms. The molecule has 0 spiro atoms. The van der Waals surface area contributed by atoms with Crippen molar-refractivity contribution >= 4 is 23.3 Å². The summed E-state index contributed by atoms with van der Waals surface area (Å²) < 4.78 is 14.8. The van der Waals surface area contributed by atoms with E-state index in [0.29, 0.717) is 17.7 Å². The number of nitrogens with zero attached hydrogens (tertiary/aromatic N) is 2. The van der Waals surface area contributed by atoms with Crippen molar-refractivity contribution in [1.29, 1.82) is 0 Å². The van der Waals surface area contributed by atoms with E-state index in [0.717, 1.165) is 11.1 Å². The van der Waals surface area contributed by atoms with Gasteiger partial charge in [0.25, 0.3) is 5.56 Å². The van der Waals surface area contributed by atoms with Crippen LogP contribution in [0.1, 0.15) is 16.8 Å². The second-order valence-corrected chi connectivity index (χ2v) is 4.87. The normalized spacial score (nSPS) is 13.3. The maximum atomic E-state index is 13.7. The fraction of sp³-hybridized carbons (Fsp3) is 0.143. The predicted octanol–water partition coefficient (Wildman–Crippen LogP) is 2.67. The summed E-state index contributed by atoms with van der Waals surface area (Å²) >= 11 is 5.87. The molecule has 1 aromatic heterocycles. The van der Waals surface area contributed by atoms with Gasteiger partial charge in [-0.25, -0.2) is 9.07 Å². The number of rotatable bonds is 1. The van der Waals surface area contributed by atoms with E-state index in [9.17, 15) is 9.18 Å². The van der Waals surface area contributed by atoms with Gasteiger partial charge in [-0.05, 0) is 29.3 Å². The minimum absolute atomic E-state index is 0.116. The van der Waals surface area contributed by atoms with E-state index in [1.165, 1.54) is 16.8 Å². The smallest absolute Gasteiger partial charge is 0.266 e. The van der Waals surface area contributed by atoms with E-state index in [-0.39, 0.29) is 16.4 Å². The zero-order valence-electron chi connectivity index (χ0n) is 10.2. The predicted molar refractivity (Wildman–Crippen MR) is 72.5 cm³/mol. The van der Waals surface area contributed by atoms with Crippen molar-refractivity contribution in [3.8, 4) is 0 Å². The molecule has 1 aliphatic carbocycles. The monoisotopic (exact) mass is 276 g/mol. The van der Waals surface area contributed by atoms with Crippen molar-refractivity contribution in [2.75, 3.05) is 0 Å². The maximum absolute atomic E-state index is 13.7. The van der Waals surface area contributed by atoms with Gasteiger partial charge in [-0.2, -0.15) is 5.10 Å². The summed E-state index contributed by atoms with van der Waals surface area (Å²) in [5.41, 5.74) is 2.62. The molecule has 0 amide bonds. The first-order chi connectivity index (χ1) is 9.06. The van der Waals surface area contributed by atoms with Crippen molar-refractivity contribution in [1.82, 2.24) is 9.78 Å². The summed E-state index contributed by atoms with van der Waals surface area (Å²) in [5, 5.41) is 4.27. The van der Waals surface area contributed by atoms with Crippen LogP contribution in [0.3, 0.4) is 0 Å². The van der Waals surface area contributed by atoms with Gasteiger partial charge in [0, 0.05) is 19.0 Å². The number of hydrogen-bond acceptors (Lipinski definition) is 2. The Kier molecular flexibility index (Phi) is 2.75. The van der Waals surface area contributed by atoms with Gasteiger partial charge in [0.1, 0.15) is 10.8 Å². The van der Waals surface area contributed by atoms with Crippen molar-refractivity contribution in [3.63, 3.8) is 0 Å². The summed E-state index contributed by atoms with van der Waals surface area (Å²) in [6.07, 6.45) is 2.35. The van der Waals surface area contributed by atoms with Crippen LogP contribution in [-0.2, 0) is 13.5 Å². The number of hydrogen-bond donors (Lipinski definition) is 0. The van der Waals surface area contributed by atoms with Crippen LogP contribution in [0, 0.1) is 5.82 Å². The fourth-order valence-electron chi connectivity index (χ4n) is 2.22. The van der Waals surface area contributed by atoms with Crippen LogP contribution in [0.25, 0.3) is 11.6 Å². The molecule has 96 valence electrons. The molecular weight excluding hydrogens is 267 g/mol. The van der Waals surface area contributed by atoms with Crippen LogP contribution < -0.4 is 5.56 Å². The van der Waals surface area contributed by atoms with Crippen LogP contribution in [0.4, 0.5) is 4.39 Å². The Bertz CT molecular complexity index is 738. The summed E-state index contributed by atoms with van der Waals surface area (Å²) in [5.74, 6) is -0.247. The summed E-state index contributed by atoms with van der Waals surface area (Å²) in [6.45, 7) is 0. The topological polar surface area (TPSA) is 34.9 Å². The highest BCUT2D eigenvalue weighted by atomic mass is 35.5. The summed E-state index contributed by atoms with van der Waals surface area (Å²) in [4.78, 5) is 11.5. The minimum Gasteiger partial charge on any atom is -0.266 e. The number of benzene rings is 1. The molecule has 0 aliphatic heterocycles. The number of aryl methyl sites for hydroxylation is 1. The first kappa shape index (κ1) is 12.1. The third kappa shape index (κ3) is 1.98. The first-order valence-electron chi connectivity index (χ1n) is 5.78. The lowest BCUT2D eigenvalue weighted by Crippen LogP contribution is -2.20. The molecule has 3 nitrogen and oxygen atoms in total. The molecule has 19 heavy (non-hydrogen) atoms. The Labute approximate surface area is 114 Å². The van der Waals surface area contributed by atoms with Crippen molar-refractivity contribution in [2.24, 2.45) is 7.05 Å². The lowest BCUT2D eigenvalue weighted by Gasteiger charge is -2.04. The van der Waals surface area contributed by atoms with Gasteiger partial charge in [0.15, 0.2) is 0 Å². The highest BCUT2D eigenvalue weighted by Gasteiger charge is 2.19. The number of allylic oxidation sites excluding steroid dienone is 1. The Morgan fingerprint density at radius 2 is 2.21 bits per heavy atom. The fourth-order valence-corrected chi connectivity index (χ4v) is 2.45. The Balaban J connectivity index is 2.10. The van der Waals surface area contributed by atoms with Gasteiger partial charge in [-0.1, -0.05) is 23.7 Å². The molecule has 5 heteroatoms. The van der Waals surface area contributed by atoms with Gasteiger partial charge >= 0.3 is 0 Å². The highest BCUT2D eigenvalue weighted by molar-refractivity contribution is 6.30. The minimum atomic E-state index is -0.340. The third-order valence-electron chi connectivity index (χ3n) is 3.19. The van der Waals surface area contributed by atoms with Gasteiger partial charge in [0.05, 0.1) is 5.69 Å². The van der Waals surface area contributed by atoms with Crippen LogP contribution >= 0.6 is 11.6 Å². The summed E-state index contributed by atoms with van der Waals surface area (Å²) in [6, 6.07) is 6.52. The molecule has 1 heterocycles. The number of fused-ring (bicyclic) bond motifs is 1. The molecule has 0 saturated carbocycles. The van der Waals surface area contributed by atoms with Crippen molar-refractivity contribution in [3.05, 3.63) is 62.3 Å². The molecule has 0 atom stereocenters. The second kappa shape index (κ2) is 4.31. The third-order valence-corrected chi connectivity index (χ3v) is 3.46. The van der Waals surface area contributed by atoms with Gasteiger partial charge < -0.3 is 0 Å². The van der Waals surface area contributed by atoms with E-state index >= 15 is 0 Å². The van der Waals surface area contributed by atoms with E-state index in [4.69, 9.17) is 11.6 Å². The SMILES string of the molecule is Cn1nc(C2=Cc3c(F)cccc3C2)cc(Cl)c1=O. The average Bonchev–Trinajstić information content (AvgIpc) is 2.81. The zero-order valence-corrected chi connectivity index (χ0v) is 10.9. The van der Waals surface area contributed by atoms with E-state index in [1.54, 1.807) is 19.2 Å². The maximum Gasteiger partial charge on any atom is 0.285 e. The van der Waals surface area contributed by atoms with Crippen LogP contribution in [-0.4, -0.2) is 9.78 Å². The Morgan fingerprint density at radius 3 is 2.89 bits per heavy atom. The number of aromatic nitrogens is 2. The van der Waals surface area contributed by atoms with Gasteiger partial charge in [-0.15, -0.1) is 0 Å². The summed E-state index contributed by atoms with van der Waals surface area (Å²) in [7, 11) is 1.54. The van der Waals surface area contributed by atoms with E-state index in [1.807, 2.05) is 6.07 Å². The van der Waals surface area contributed by atoms with Gasteiger partial charge in [-0.3, -0.25) is 4.79 Å². The largest absolute Gasteiger partial charge is 0.285 e. The molecule has 0 fully saturated rings. The quantitative estimate of drug-likeness (QED) is 0.803. The average molecular weight is 277 g/mol. The molecule has 0 saturated heterocycles. The molecule has 0 radical (unpaired) electrons. The van der Waals surface area contributed by atoms with Crippen LogP contribution in [0.15, 0.2) is 29.1 Å². The van der Waals surface area contributed by atoms with Crippen LogP contribution in [0.5, 0.6) is 0 Å². The van der Waals surface area contributed by atoms with Crippen molar-refractivity contribution in [2.45, 2.75) is 6.42 Å². The highest BCUT2D eigenvalue weighted by Crippen LogP contribution is 2.32. The Morgan fingerprint density at radius 1 is 1.42 bits per heavy atom. The second-order valence-electron chi connectivity index (χ2n) is 4.47. The number of halogens is 2. The van der Waals surface area contributed by atoms with Crippen molar-refractivity contribution < 1.29 is 4.39 Å².